The Labute approximate surface area is 358 Å². The Hall–Kier alpha value is -5.88. The highest BCUT2D eigenvalue weighted by molar-refractivity contribution is 6.03. The summed E-state index contributed by atoms with van der Waals surface area (Å²) >= 11 is 0. The van der Waals surface area contributed by atoms with Crippen LogP contribution in [-0.2, 0) is 16.4 Å². The van der Waals surface area contributed by atoms with Crippen molar-refractivity contribution in [1.29, 1.82) is 0 Å². The lowest BCUT2D eigenvalue weighted by Gasteiger charge is -2.31. The minimum atomic E-state index is -0.554. The summed E-state index contributed by atoms with van der Waals surface area (Å²) in [4.78, 5) is 15.9. The number of likely N-dealkylation sites (N-methyl/N-ethyl adjacent to an activating group) is 1. The summed E-state index contributed by atoms with van der Waals surface area (Å²) in [6, 6.07) is 33.3. The number of nitrogens with one attached hydrogen (secondary N) is 2. The lowest BCUT2D eigenvalue weighted by molar-refractivity contribution is -0.433. The van der Waals surface area contributed by atoms with Gasteiger partial charge in [0.2, 0.25) is 5.69 Å². The van der Waals surface area contributed by atoms with Gasteiger partial charge in [-0.05, 0) is 144 Å². The van der Waals surface area contributed by atoms with E-state index in [-0.39, 0.29) is 16.9 Å². The minimum absolute atomic E-state index is 0.131. The first-order valence-electron chi connectivity index (χ1n) is 21.8. The quantitative estimate of drug-likeness (QED) is 0.140. The van der Waals surface area contributed by atoms with Crippen molar-refractivity contribution in [2.45, 2.75) is 104 Å². The molecule has 60 heavy (non-hydrogen) atoms. The van der Waals surface area contributed by atoms with Gasteiger partial charge in [-0.15, -0.1) is 0 Å². The number of urea groups is 1. The number of carbonyl (C=O) groups excluding carboxylic acids is 1. The molecule has 0 saturated carbocycles. The van der Waals surface area contributed by atoms with E-state index in [0.29, 0.717) is 5.69 Å². The Morgan fingerprint density at radius 1 is 0.867 bits per heavy atom. The van der Waals surface area contributed by atoms with E-state index in [1.165, 1.54) is 45.1 Å². The van der Waals surface area contributed by atoms with Gasteiger partial charge in [0.15, 0.2) is 5.71 Å². The molecule has 1 atom stereocenters. The van der Waals surface area contributed by atoms with E-state index in [9.17, 15) is 4.79 Å². The lowest BCUT2D eigenvalue weighted by Crippen LogP contribution is -2.45. The smallest absolute Gasteiger partial charge is 0.319 e. The van der Waals surface area contributed by atoms with Crippen molar-refractivity contribution in [3.8, 4) is 5.75 Å². The number of allylic oxidation sites excluding steroid dienone is 8. The highest BCUT2D eigenvalue weighted by Gasteiger charge is 2.44. The van der Waals surface area contributed by atoms with Crippen molar-refractivity contribution in [1.82, 2.24) is 5.32 Å². The molecule has 1 unspecified atom stereocenters. The normalized spacial score (nSPS) is 19.1. The summed E-state index contributed by atoms with van der Waals surface area (Å²) in [5.41, 5.74) is 13.2. The average molecular weight is 800 g/mol. The van der Waals surface area contributed by atoms with Crippen molar-refractivity contribution in [2.75, 3.05) is 23.3 Å². The number of carbonyl (C=O) groups is 1. The van der Waals surface area contributed by atoms with E-state index in [1.807, 2.05) is 43.3 Å². The Balaban J connectivity index is 1.20. The zero-order valence-corrected chi connectivity index (χ0v) is 37.2. The van der Waals surface area contributed by atoms with Gasteiger partial charge in [0.05, 0.1) is 11.0 Å². The number of benzene rings is 4. The van der Waals surface area contributed by atoms with Crippen molar-refractivity contribution in [3.63, 3.8) is 0 Å². The maximum absolute atomic E-state index is 13.4. The molecule has 2 aliphatic heterocycles. The number of nitrogens with zero attached hydrogens (tertiary/aromatic N) is 2. The molecule has 0 saturated heterocycles. The maximum Gasteiger partial charge on any atom is 0.319 e. The Morgan fingerprint density at radius 2 is 1.58 bits per heavy atom. The Morgan fingerprint density at radius 3 is 2.28 bits per heavy atom. The average Bonchev–Trinajstić information content (AvgIpc) is 3.61. The predicted octanol–water partition coefficient (Wildman–Crippen LogP) is 13.3. The van der Waals surface area contributed by atoms with Gasteiger partial charge in [-0.2, -0.15) is 4.58 Å². The largest absolute Gasteiger partial charge is 0.457 e. The first-order valence-corrected chi connectivity index (χ1v) is 21.8. The standard InChI is InChI=1S/C54H62N4O2/c1-11-54(10,41-23-19-22-40(36-41)37(4)5)56-51(59)55-42-30-32-43(33-31-42)60-50-38(28-34-48-52(6,7)44-24-14-16-26-46(44)57(48)12-2)20-18-21-39(50)29-35-49-53(8,9)45-25-15-17-27-47(45)58(49)13-3/h14-17,19,22-36H,4,11-13,18,20-21H2,1-3,5-10H3,(H-,55,56,59)/p+1. The molecule has 4 aromatic carbocycles. The molecule has 1 aliphatic carbocycles. The van der Waals surface area contributed by atoms with Crippen LogP contribution in [0.3, 0.4) is 0 Å². The fraction of sp³-hybridized carbons (Fsp3) is 0.333. The number of hydrogen-bond acceptors (Lipinski definition) is 3. The van der Waals surface area contributed by atoms with Crippen LogP contribution >= 0.6 is 0 Å². The third-order valence-electron chi connectivity index (χ3n) is 13.0. The lowest BCUT2D eigenvalue weighted by atomic mass is 9.81. The summed E-state index contributed by atoms with van der Waals surface area (Å²) in [5, 5.41) is 6.29. The Kier molecular flexibility index (Phi) is 12.0. The molecule has 0 radical (unpaired) electrons. The molecule has 2 heterocycles. The van der Waals surface area contributed by atoms with E-state index in [0.717, 1.165) is 67.0 Å². The summed E-state index contributed by atoms with van der Waals surface area (Å²) in [7, 11) is 0. The first kappa shape index (κ1) is 42.3. The molecule has 0 fully saturated rings. The molecule has 4 aromatic rings. The number of ether oxygens (including phenoxy) is 1. The SMILES string of the molecule is C=C(C)c1cccc(C(C)(CC)NC(=O)Nc2ccc(OC3=C(/C=C/C4=[N+](CC)c5ccccc5C4(C)C)CCC/C3=C\C=C3\N(CC)c4ccccc4C3(C)C)cc2)c1. The molecule has 7 rings (SSSR count). The van der Waals surface area contributed by atoms with Crippen LogP contribution in [0, 0.1) is 0 Å². The van der Waals surface area contributed by atoms with Gasteiger partial charge in [-0.1, -0.05) is 93.6 Å². The van der Waals surface area contributed by atoms with E-state index < -0.39 is 5.54 Å². The first-order chi connectivity index (χ1) is 28.7. The fourth-order valence-corrected chi connectivity index (χ4v) is 9.30. The second-order valence-electron chi connectivity index (χ2n) is 17.7. The molecular weight excluding hydrogens is 737 g/mol. The van der Waals surface area contributed by atoms with E-state index in [4.69, 9.17) is 4.74 Å². The number of para-hydroxylation sites is 2. The van der Waals surface area contributed by atoms with Crippen molar-refractivity contribution >= 4 is 34.4 Å². The van der Waals surface area contributed by atoms with Crippen LogP contribution in [0.5, 0.6) is 5.75 Å². The number of hydrogen-bond donors (Lipinski definition) is 2. The van der Waals surface area contributed by atoms with Crippen molar-refractivity contribution in [3.05, 3.63) is 173 Å². The van der Waals surface area contributed by atoms with Gasteiger partial charge >= 0.3 is 6.03 Å². The molecule has 2 N–H and O–H groups in total. The van der Waals surface area contributed by atoms with E-state index in [2.05, 4.69) is 167 Å². The minimum Gasteiger partial charge on any atom is -0.457 e. The molecule has 6 nitrogen and oxygen atoms in total. The third-order valence-corrected chi connectivity index (χ3v) is 13.0. The molecule has 0 aromatic heterocycles. The highest BCUT2D eigenvalue weighted by Crippen LogP contribution is 2.48. The number of rotatable bonds is 12. The summed E-state index contributed by atoms with van der Waals surface area (Å²) in [6.07, 6.45) is 12.8. The van der Waals surface area contributed by atoms with Crippen LogP contribution in [-0.4, -0.2) is 29.4 Å². The zero-order chi connectivity index (χ0) is 42.8. The van der Waals surface area contributed by atoms with E-state index >= 15 is 0 Å². The van der Waals surface area contributed by atoms with Gasteiger partial charge in [-0.25, -0.2) is 4.79 Å². The van der Waals surface area contributed by atoms with Crippen molar-refractivity contribution < 1.29 is 14.1 Å². The zero-order valence-electron chi connectivity index (χ0n) is 37.2. The number of anilines is 2. The van der Waals surface area contributed by atoms with Gasteiger partial charge < -0.3 is 20.3 Å². The molecule has 2 amide bonds. The highest BCUT2D eigenvalue weighted by atomic mass is 16.5. The number of fused-ring (bicyclic) bond motifs is 2. The second kappa shape index (κ2) is 17.0. The summed E-state index contributed by atoms with van der Waals surface area (Å²) in [5.74, 6) is 1.62. The molecule has 0 spiro atoms. The van der Waals surface area contributed by atoms with Crippen LogP contribution in [0.2, 0.25) is 0 Å². The second-order valence-corrected chi connectivity index (χ2v) is 17.7. The number of amides is 2. The summed E-state index contributed by atoms with van der Waals surface area (Å²) in [6.45, 7) is 25.8. The van der Waals surface area contributed by atoms with Crippen LogP contribution in [0.15, 0.2) is 151 Å². The van der Waals surface area contributed by atoms with E-state index in [1.54, 1.807) is 0 Å². The predicted molar refractivity (Wildman–Crippen MR) is 252 cm³/mol. The van der Waals surface area contributed by atoms with Crippen LogP contribution in [0.1, 0.15) is 110 Å². The molecule has 310 valence electrons. The van der Waals surface area contributed by atoms with Crippen LogP contribution in [0.25, 0.3) is 5.57 Å². The maximum atomic E-state index is 13.4. The van der Waals surface area contributed by atoms with Gasteiger partial charge in [0, 0.05) is 46.7 Å². The third kappa shape index (κ3) is 8.04. The monoisotopic (exact) mass is 799 g/mol. The van der Waals surface area contributed by atoms with Crippen LogP contribution < -0.4 is 20.3 Å². The van der Waals surface area contributed by atoms with Crippen LogP contribution in [0.4, 0.5) is 21.9 Å². The fourth-order valence-electron chi connectivity index (χ4n) is 9.30. The van der Waals surface area contributed by atoms with Gasteiger partial charge in [0.25, 0.3) is 0 Å². The van der Waals surface area contributed by atoms with Gasteiger partial charge in [0.1, 0.15) is 18.1 Å². The molecule has 0 bridgehead atoms. The topological polar surface area (TPSA) is 56.6 Å². The van der Waals surface area contributed by atoms with Gasteiger partial charge in [-0.3, -0.25) is 0 Å². The summed E-state index contributed by atoms with van der Waals surface area (Å²) < 4.78 is 9.39. The molecular formula is C54H63N4O2+. The molecule has 3 aliphatic rings. The van der Waals surface area contributed by atoms with Crippen molar-refractivity contribution in [2.24, 2.45) is 0 Å². The molecule has 6 heteroatoms. The Bertz CT molecular complexity index is 2460.